The molecule has 3 N–H and O–H groups in total. The third kappa shape index (κ3) is 5.48. The largest absolute Gasteiger partial charge is 0.330 e. The van der Waals surface area contributed by atoms with Crippen molar-refractivity contribution in [2.24, 2.45) is 11.7 Å². The molecule has 0 aliphatic carbocycles. The number of nitrogens with one attached hydrogen (secondary N) is 1. The fraction of sp³-hybridized carbons (Fsp3) is 0.529. The summed E-state index contributed by atoms with van der Waals surface area (Å²) in [6.45, 7) is 4.17. The number of anilines is 1. The number of piperidine rings is 1. The van der Waals surface area contributed by atoms with Crippen LogP contribution in [-0.2, 0) is 9.59 Å². The summed E-state index contributed by atoms with van der Waals surface area (Å²) in [5.41, 5.74) is 6.33. The van der Waals surface area contributed by atoms with Gasteiger partial charge in [0.15, 0.2) is 0 Å². The number of hydrogen-bond acceptors (Lipinski definition) is 3. The van der Waals surface area contributed by atoms with Gasteiger partial charge in [0, 0.05) is 17.6 Å². The molecule has 5 nitrogen and oxygen atoms in total. The monoisotopic (exact) mass is 407 g/mol. The topological polar surface area (TPSA) is 75.4 Å². The van der Waals surface area contributed by atoms with Gasteiger partial charge in [-0.1, -0.05) is 30.1 Å². The van der Waals surface area contributed by atoms with Gasteiger partial charge in [0.1, 0.15) is 6.04 Å². The van der Waals surface area contributed by atoms with E-state index in [1.807, 2.05) is 0 Å². The van der Waals surface area contributed by atoms with Gasteiger partial charge in [0.25, 0.3) is 0 Å². The van der Waals surface area contributed by atoms with Gasteiger partial charge in [-0.2, -0.15) is 0 Å². The minimum atomic E-state index is -0.501. The molecule has 2 rings (SSSR count). The molecule has 2 amide bonds. The standard InChI is InChI=1S/C17H23Cl2N3O2.ClH/c1-10(11(2)20)17(24)22-8-4-3-5-15(22)16(23)21-14-7-6-12(18)9-13(14)19;/h6-7,9-11,15H,3-5,8,20H2,1-2H3,(H,21,23);1H. The van der Waals surface area contributed by atoms with Crippen molar-refractivity contribution >= 4 is 53.1 Å². The Morgan fingerprint density at radius 1 is 1.28 bits per heavy atom. The Kier molecular flexibility index (Phi) is 8.48. The molecule has 1 aliphatic heterocycles. The van der Waals surface area contributed by atoms with Crippen LogP contribution in [0.4, 0.5) is 5.69 Å². The minimum Gasteiger partial charge on any atom is -0.330 e. The zero-order chi connectivity index (χ0) is 17.9. The molecule has 0 bridgehead atoms. The van der Waals surface area contributed by atoms with E-state index in [0.29, 0.717) is 28.7 Å². The summed E-state index contributed by atoms with van der Waals surface area (Å²) < 4.78 is 0. The van der Waals surface area contributed by atoms with Crippen LogP contribution in [-0.4, -0.2) is 35.3 Å². The van der Waals surface area contributed by atoms with E-state index in [2.05, 4.69) is 5.32 Å². The first-order valence-corrected chi connectivity index (χ1v) is 8.89. The van der Waals surface area contributed by atoms with Gasteiger partial charge in [-0.05, 0) is 44.4 Å². The number of nitrogens with zero attached hydrogens (tertiary/aromatic N) is 1. The highest BCUT2D eigenvalue weighted by Crippen LogP contribution is 2.27. The maximum absolute atomic E-state index is 12.7. The number of nitrogens with two attached hydrogens (primary N) is 1. The van der Waals surface area contributed by atoms with Gasteiger partial charge >= 0.3 is 0 Å². The van der Waals surface area contributed by atoms with Crippen molar-refractivity contribution in [3.8, 4) is 0 Å². The number of halogens is 3. The molecule has 3 atom stereocenters. The first-order valence-electron chi connectivity index (χ1n) is 8.13. The average Bonchev–Trinajstić information content (AvgIpc) is 2.55. The quantitative estimate of drug-likeness (QED) is 0.797. The normalized spacial score (nSPS) is 19.6. The molecular formula is C17H24Cl3N3O2. The molecule has 25 heavy (non-hydrogen) atoms. The Bertz CT molecular complexity index is 625. The SMILES string of the molecule is CC(N)C(C)C(=O)N1CCCCC1C(=O)Nc1ccc(Cl)cc1Cl.Cl. The molecule has 0 spiro atoms. The predicted octanol–water partition coefficient (Wildman–Crippen LogP) is 3.72. The van der Waals surface area contributed by atoms with Crippen LogP contribution in [0.2, 0.25) is 10.0 Å². The lowest BCUT2D eigenvalue weighted by molar-refractivity contribution is -0.143. The van der Waals surface area contributed by atoms with Crippen LogP contribution < -0.4 is 11.1 Å². The summed E-state index contributed by atoms with van der Waals surface area (Å²) in [6, 6.07) is 4.13. The molecular weight excluding hydrogens is 385 g/mol. The molecule has 1 aliphatic rings. The molecule has 1 fully saturated rings. The van der Waals surface area contributed by atoms with E-state index >= 15 is 0 Å². The van der Waals surface area contributed by atoms with Gasteiger partial charge in [-0.25, -0.2) is 0 Å². The van der Waals surface area contributed by atoms with E-state index < -0.39 is 6.04 Å². The van der Waals surface area contributed by atoms with E-state index in [-0.39, 0.29) is 36.2 Å². The molecule has 0 aromatic heterocycles. The molecule has 8 heteroatoms. The smallest absolute Gasteiger partial charge is 0.247 e. The van der Waals surface area contributed by atoms with Crippen LogP contribution in [0, 0.1) is 5.92 Å². The summed E-state index contributed by atoms with van der Waals surface area (Å²) in [5, 5.41) is 3.67. The van der Waals surface area contributed by atoms with Crippen LogP contribution in [0.3, 0.4) is 0 Å². The van der Waals surface area contributed by atoms with E-state index in [0.717, 1.165) is 12.8 Å². The Morgan fingerprint density at radius 3 is 2.56 bits per heavy atom. The lowest BCUT2D eigenvalue weighted by Gasteiger charge is -2.37. The fourth-order valence-corrected chi connectivity index (χ4v) is 3.22. The average molecular weight is 409 g/mol. The van der Waals surface area contributed by atoms with Crippen molar-refractivity contribution in [1.82, 2.24) is 4.90 Å². The third-order valence-electron chi connectivity index (χ3n) is 4.46. The summed E-state index contributed by atoms with van der Waals surface area (Å²) in [5.74, 6) is -0.631. The molecule has 1 heterocycles. The number of rotatable bonds is 4. The molecule has 3 unspecified atom stereocenters. The van der Waals surface area contributed by atoms with Gasteiger partial charge in [-0.15, -0.1) is 12.4 Å². The van der Waals surface area contributed by atoms with E-state index in [9.17, 15) is 9.59 Å². The van der Waals surface area contributed by atoms with E-state index in [1.165, 1.54) is 0 Å². The molecule has 0 radical (unpaired) electrons. The summed E-state index contributed by atoms with van der Waals surface area (Å²) in [4.78, 5) is 27.0. The van der Waals surface area contributed by atoms with Crippen molar-refractivity contribution in [2.75, 3.05) is 11.9 Å². The second-order valence-electron chi connectivity index (χ2n) is 6.30. The van der Waals surface area contributed by atoms with Gasteiger partial charge in [0.05, 0.1) is 16.6 Å². The number of hydrogen-bond donors (Lipinski definition) is 2. The maximum Gasteiger partial charge on any atom is 0.247 e. The Balaban J connectivity index is 0.00000312. The van der Waals surface area contributed by atoms with E-state index in [4.69, 9.17) is 28.9 Å². The van der Waals surface area contributed by atoms with Crippen molar-refractivity contribution < 1.29 is 9.59 Å². The first kappa shape index (κ1) is 22.0. The Hall–Kier alpha value is -1.01. The second kappa shape index (κ2) is 9.62. The zero-order valence-corrected chi connectivity index (χ0v) is 16.6. The van der Waals surface area contributed by atoms with Gasteiger partial charge in [-0.3, -0.25) is 9.59 Å². The summed E-state index contributed by atoms with van der Waals surface area (Å²) in [6.07, 6.45) is 2.43. The van der Waals surface area contributed by atoms with Gasteiger partial charge < -0.3 is 16.0 Å². The van der Waals surface area contributed by atoms with Crippen LogP contribution in [0.5, 0.6) is 0 Å². The number of benzene rings is 1. The van der Waals surface area contributed by atoms with Crippen LogP contribution in [0.15, 0.2) is 18.2 Å². The Labute approximate surface area is 164 Å². The van der Waals surface area contributed by atoms with Gasteiger partial charge in [0.2, 0.25) is 11.8 Å². The number of carbonyl (C=O) groups is 2. The Morgan fingerprint density at radius 2 is 1.96 bits per heavy atom. The van der Waals surface area contributed by atoms with Crippen LogP contribution in [0.25, 0.3) is 0 Å². The maximum atomic E-state index is 12.7. The van der Waals surface area contributed by atoms with Crippen molar-refractivity contribution in [1.29, 1.82) is 0 Å². The second-order valence-corrected chi connectivity index (χ2v) is 7.15. The predicted molar refractivity (Wildman–Crippen MR) is 105 cm³/mol. The lowest BCUT2D eigenvalue weighted by Crippen LogP contribution is -2.53. The fourth-order valence-electron chi connectivity index (χ4n) is 2.76. The minimum absolute atomic E-state index is 0. The summed E-state index contributed by atoms with van der Waals surface area (Å²) in [7, 11) is 0. The highest BCUT2D eigenvalue weighted by Gasteiger charge is 2.35. The van der Waals surface area contributed by atoms with Crippen LogP contribution >= 0.6 is 35.6 Å². The molecule has 1 aromatic rings. The lowest BCUT2D eigenvalue weighted by atomic mass is 9.96. The molecule has 0 saturated carbocycles. The summed E-state index contributed by atoms with van der Waals surface area (Å²) >= 11 is 12.0. The molecule has 140 valence electrons. The van der Waals surface area contributed by atoms with Crippen molar-refractivity contribution in [3.63, 3.8) is 0 Å². The third-order valence-corrected chi connectivity index (χ3v) is 5.00. The molecule has 1 aromatic carbocycles. The van der Waals surface area contributed by atoms with E-state index in [1.54, 1.807) is 36.9 Å². The van der Waals surface area contributed by atoms with Crippen molar-refractivity contribution in [2.45, 2.75) is 45.2 Å². The highest BCUT2D eigenvalue weighted by atomic mass is 35.5. The number of amides is 2. The number of likely N-dealkylation sites (tertiary alicyclic amines) is 1. The van der Waals surface area contributed by atoms with Crippen LogP contribution in [0.1, 0.15) is 33.1 Å². The molecule has 1 saturated heterocycles. The highest BCUT2D eigenvalue weighted by molar-refractivity contribution is 6.36. The number of carbonyl (C=O) groups excluding carboxylic acids is 2. The first-order chi connectivity index (χ1) is 11.3. The van der Waals surface area contributed by atoms with Crippen molar-refractivity contribution in [3.05, 3.63) is 28.2 Å². The zero-order valence-electron chi connectivity index (χ0n) is 14.3.